The molecule has 2 aromatic heterocycles. The molecule has 22 heavy (non-hydrogen) atoms. The van der Waals surface area contributed by atoms with Crippen LogP contribution in [0.2, 0.25) is 0 Å². The molecule has 0 aliphatic heterocycles. The van der Waals surface area contributed by atoms with E-state index in [4.69, 9.17) is 9.26 Å². The zero-order chi connectivity index (χ0) is 15.9. The molecule has 0 fully saturated rings. The Morgan fingerprint density at radius 2 is 1.86 bits per heavy atom. The standard InChI is InChI=1S/C17H19N3O2/c1-10-6-7-13-11(8-10)9-12(15(18-13)21-5)14-19-16(22-20-14)17(2,3)4/h6-9H,1-5H3. The van der Waals surface area contributed by atoms with E-state index in [9.17, 15) is 0 Å². The van der Waals surface area contributed by atoms with Crippen LogP contribution in [0.15, 0.2) is 28.8 Å². The maximum Gasteiger partial charge on any atom is 0.232 e. The van der Waals surface area contributed by atoms with Crippen molar-refractivity contribution in [3.05, 3.63) is 35.7 Å². The number of hydrogen-bond donors (Lipinski definition) is 0. The van der Waals surface area contributed by atoms with E-state index < -0.39 is 0 Å². The van der Waals surface area contributed by atoms with Gasteiger partial charge in [-0.25, -0.2) is 4.98 Å². The molecule has 3 aromatic rings. The molecule has 5 heteroatoms. The minimum atomic E-state index is -0.195. The van der Waals surface area contributed by atoms with Crippen LogP contribution in [0, 0.1) is 6.92 Å². The Morgan fingerprint density at radius 3 is 2.50 bits per heavy atom. The lowest BCUT2D eigenvalue weighted by Gasteiger charge is -2.10. The molecule has 0 saturated heterocycles. The summed E-state index contributed by atoms with van der Waals surface area (Å²) in [5.74, 6) is 1.59. The number of ether oxygens (including phenoxy) is 1. The molecule has 2 heterocycles. The topological polar surface area (TPSA) is 61.0 Å². The number of pyridine rings is 1. The Hall–Kier alpha value is -2.43. The molecule has 0 unspecified atom stereocenters. The number of nitrogens with zero attached hydrogens (tertiary/aromatic N) is 3. The third kappa shape index (κ3) is 2.54. The number of aryl methyl sites for hydroxylation is 1. The summed E-state index contributed by atoms with van der Waals surface area (Å²) in [5.41, 5.74) is 2.60. The van der Waals surface area contributed by atoms with Crippen LogP contribution in [0.25, 0.3) is 22.3 Å². The van der Waals surface area contributed by atoms with Crippen LogP contribution >= 0.6 is 0 Å². The van der Waals surface area contributed by atoms with Crippen molar-refractivity contribution >= 4 is 10.9 Å². The van der Waals surface area contributed by atoms with Gasteiger partial charge in [-0.05, 0) is 25.1 Å². The van der Waals surface area contributed by atoms with E-state index >= 15 is 0 Å². The predicted molar refractivity (Wildman–Crippen MR) is 85.0 cm³/mol. The molecule has 1 aromatic carbocycles. The van der Waals surface area contributed by atoms with E-state index in [-0.39, 0.29) is 5.41 Å². The fourth-order valence-corrected chi connectivity index (χ4v) is 2.23. The van der Waals surface area contributed by atoms with Gasteiger partial charge in [0.2, 0.25) is 17.6 Å². The Bertz CT molecular complexity index is 832. The van der Waals surface area contributed by atoms with E-state index in [0.717, 1.165) is 16.5 Å². The molecule has 0 spiro atoms. The van der Waals surface area contributed by atoms with Crippen molar-refractivity contribution in [3.63, 3.8) is 0 Å². The first-order valence-electron chi connectivity index (χ1n) is 7.18. The Kier molecular flexibility index (Phi) is 3.35. The van der Waals surface area contributed by atoms with Crippen LogP contribution in [0.4, 0.5) is 0 Å². The first kappa shape index (κ1) is 14.5. The summed E-state index contributed by atoms with van der Waals surface area (Å²) in [5, 5.41) is 5.11. The average molecular weight is 297 g/mol. The first-order valence-corrected chi connectivity index (χ1v) is 7.18. The van der Waals surface area contributed by atoms with Gasteiger partial charge in [0.1, 0.15) is 0 Å². The van der Waals surface area contributed by atoms with Crippen molar-refractivity contribution < 1.29 is 9.26 Å². The highest BCUT2D eigenvalue weighted by molar-refractivity contribution is 5.85. The van der Waals surface area contributed by atoms with Crippen molar-refractivity contribution in [3.8, 4) is 17.3 Å². The van der Waals surface area contributed by atoms with E-state index in [1.54, 1.807) is 7.11 Å². The number of methoxy groups -OCH3 is 1. The summed E-state index contributed by atoms with van der Waals surface area (Å²) in [6, 6.07) is 8.08. The quantitative estimate of drug-likeness (QED) is 0.718. The summed E-state index contributed by atoms with van der Waals surface area (Å²) in [6.45, 7) is 8.14. The zero-order valence-corrected chi connectivity index (χ0v) is 13.5. The molecule has 0 N–H and O–H groups in total. The Morgan fingerprint density at radius 1 is 1.09 bits per heavy atom. The van der Waals surface area contributed by atoms with Crippen LogP contribution in [-0.2, 0) is 5.41 Å². The lowest BCUT2D eigenvalue weighted by molar-refractivity contribution is 0.321. The van der Waals surface area contributed by atoms with Crippen molar-refractivity contribution in [2.45, 2.75) is 33.1 Å². The van der Waals surface area contributed by atoms with Crippen LogP contribution < -0.4 is 4.74 Å². The fraction of sp³-hybridized carbons (Fsp3) is 0.353. The van der Waals surface area contributed by atoms with Gasteiger partial charge in [-0.3, -0.25) is 0 Å². The molecule has 114 valence electrons. The molecule has 5 nitrogen and oxygen atoms in total. The maximum atomic E-state index is 5.40. The molecule has 0 aliphatic carbocycles. The number of rotatable bonds is 2. The van der Waals surface area contributed by atoms with Crippen LogP contribution in [-0.4, -0.2) is 22.2 Å². The van der Waals surface area contributed by atoms with Gasteiger partial charge in [-0.15, -0.1) is 0 Å². The van der Waals surface area contributed by atoms with E-state index in [0.29, 0.717) is 17.6 Å². The summed E-state index contributed by atoms with van der Waals surface area (Å²) < 4.78 is 10.8. The smallest absolute Gasteiger partial charge is 0.232 e. The number of hydrogen-bond acceptors (Lipinski definition) is 5. The van der Waals surface area contributed by atoms with Gasteiger partial charge >= 0.3 is 0 Å². The minimum Gasteiger partial charge on any atom is -0.480 e. The van der Waals surface area contributed by atoms with E-state index in [2.05, 4.69) is 28.1 Å². The largest absolute Gasteiger partial charge is 0.480 e. The molecule has 0 aliphatic rings. The lowest BCUT2D eigenvalue weighted by atomic mass is 9.97. The van der Waals surface area contributed by atoms with Gasteiger partial charge in [0.25, 0.3) is 0 Å². The average Bonchev–Trinajstić information content (AvgIpc) is 2.95. The van der Waals surface area contributed by atoms with E-state index in [1.807, 2.05) is 39.0 Å². The molecule has 0 bridgehead atoms. The molecule has 0 amide bonds. The van der Waals surface area contributed by atoms with Crippen LogP contribution in [0.1, 0.15) is 32.2 Å². The Balaban J connectivity index is 2.18. The lowest BCUT2D eigenvalue weighted by Crippen LogP contribution is -2.11. The SMILES string of the molecule is COc1nc2ccc(C)cc2cc1-c1noc(C(C)(C)C)n1. The second-order valence-electron chi connectivity index (χ2n) is 6.41. The number of aromatic nitrogens is 3. The van der Waals surface area contributed by atoms with Crippen molar-refractivity contribution in [2.24, 2.45) is 0 Å². The maximum absolute atomic E-state index is 5.40. The van der Waals surface area contributed by atoms with Crippen LogP contribution in [0.3, 0.4) is 0 Å². The number of fused-ring (bicyclic) bond motifs is 1. The molecular weight excluding hydrogens is 278 g/mol. The second kappa shape index (κ2) is 5.09. The first-order chi connectivity index (χ1) is 10.4. The predicted octanol–water partition coefficient (Wildman–Crippen LogP) is 3.90. The highest BCUT2D eigenvalue weighted by Gasteiger charge is 2.24. The van der Waals surface area contributed by atoms with Crippen LogP contribution in [0.5, 0.6) is 5.88 Å². The summed E-state index contributed by atoms with van der Waals surface area (Å²) in [6.07, 6.45) is 0. The third-order valence-electron chi connectivity index (χ3n) is 3.44. The van der Waals surface area contributed by atoms with Gasteiger partial charge in [-0.1, -0.05) is 37.6 Å². The molecule has 0 saturated carbocycles. The normalized spacial score (nSPS) is 11.9. The Labute approximate surface area is 129 Å². The van der Waals surface area contributed by atoms with Gasteiger partial charge < -0.3 is 9.26 Å². The van der Waals surface area contributed by atoms with Gasteiger partial charge in [-0.2, -0.15) is 4.98 Å². The molecular formula is C17H19N3O2. The molecule has 0 radical (unpaired) electrons. The summed E-state index contributed by atoms with van der Waals surface area (Å²) in [7, 11) is 1.59. The van der Waals surface area contributed by atoms with Gasteiger partial charge in [0.05, 0.1) is 18.2 Å². The minimum absolute atomic E-state index is 0.195. The van der Waals surface area contributed by atoms with Crippen molar-refractivity contribution in [1.29, 1.82) is 0 Å². The summed E-state index contributed by atoms with van der Waals surface area (Å²) >= 11 is 0. The third-order valence-corrected chi connectivity index (χ3v) is 3.44. The van der Waals surface area contributed by atoms with E-state index in [1.165, 1.54) is 5.56 Å². The zero-order valence-electron chi connectivity index (χ0n) is 13.5. The monoisotopic (exact) mass is 297 g/mol. The second-order valence-corrected chi connectivity index (χ2v) is 6.41. The number of benzene rings is 1. The summed E-state index contributed by atoms with van der Waals surface area (Å²) in [4.78, 5) is 9.03. The molecule has 3 rings (SSSR count). The fourth-order valence-electron chi connectivity index (χ4n) is 2.23. The van der Waals surface area contributed by atoms with Crippen molar-refractivity contribution in [1.82, 2.24) is 15.1 Å². The highest BCUT2D eigenvalue weighted by atomic mass is 16.5. The van der Waals surface area contributed by atoms with Gasteiger partial charge in [0, 0.05) is 10.8 Å². The van der Waals surface area contributed by atoms with Crippen molar-refractivity contribution in [2.75, 3.05) is 7.11 Å². The van der Waals surface area contributed by atoms with Gasteiger partial charge in [0.15, 0.2) is 0 Å². The molecule has 0 atom stereocenters. The highest BCUT2D eigenvalue weighted by Crippen LogP contribution is 2.31.